The molecular formula is C20H34N4O2. The van der Waals surface area contributed by atoms with Crippen LogP contribution in [0.4, 0.5) is 0 Å². The summed E-state index contributed by atoms with van der Waals surface area (Å²) in [5.74, 6) is 1.76. The summed E-state index contributed by atoms with van der Waals surface area (Å²) in [5.41, 5.74) is 0. The molecule has 6 heteroatoms. The van der Waals surface area contributed by atoms with Crippen molar-refractivity contribution in [1.29, 1.82) is 0 Å². The van der Waals surface area contributed by atoms with E-state index in [-0.39, 0.29) is 17.7 Å². The summed E-state index contributed by atoms with van der Waals surface area (Å²) in [7, 11) is 0. The lowest BCUT2D eigenvalue weighted by Gasteiger charge is -2.28. The van der Waals surface area contributed by atoms with Gasteiger partial charge in [0.2, 0.25) is 11.8 Å². The van der Waals surface area contributed by atoms with Crippen LogP contribution >= 0.6 is 0 Å². The Morgan fingerprint density at radius 2 is 1.85 bits per heavy atom. The Labute approximate surface area is 157 Å². The third-order valence-electron chi connectivity index (χ3n) is 7.23. The molecule has 4 saturated heterocycles. The number of likely N-dealkylation sites (tertiary alicyclic amines) is 3. The molecule has 4 aliphatic heterocycles. The molecule has 4 atom stereocenters. The molecule has 0 aromatic heterocycles. The van der Waals surface area contributed by atoms with Gasteiger partial charge < -0.3 is 15.1 Å². The molecule has 26 heavy (non-hydrogen) atoms. The number of nitrogens with one attached hydrogen (secondary N) is 1. The topological polar surface area (TPSA) is 55.9 Å². The Morgan fingerprint density at radius 1 is 1.12 bits per heavy atom. The monoisotopic (exact) mass is 362 g/mol. The Morgan fingerprint density at radius 3 is 2.54 bits per heavy atom. The van der Waals surface area contributed by atoms with Crippen molar-refractivity contribution in [3.05, 3.63) is 0 Å². The van der Waals surface area contributed by atoms with Crippen molar-refractivity contribution >= 4 is 11.8 Å². The van der Waals surface area contributed by atoms with Crippen LogP contribution in [-0.4, -0.2) is 84.9 Å². The summed E-state index contributed by atoms with van der Waals surface area (Å²) in [4.78, 5) is 32.1. The molecule has 0 spiro atoms. The molecule has 0 radical (unpaired) electrons. The fourth-order valence-corrected chi connectivity index (χ4v) is 5.58. The van der Waals surface area contributed by atoms with Gasteiger partial charge in [-0.25, -0.2) is 0 Å². The number of nitrogens with zero attached hydrogens (tertiary/aromatic N) is 3. The highest BCUT2D eigenvalue weighted by Crippen LogP contribution is 2.29. The zero-order chi connectivity index (χ0) is 18.1. The molecule has 0 bridgehead atoms. The molecule has 4 rings (SSSR count). The summed E-state index contributed by atoms with van der Waals surface area (Å²) >= 11 is 0. The SMILES string of the molecule is CCN1CCCC1CN1CC(C(=O)N2CC[C@@H]3CNC[C@@H]3CC2)CC1=O. The van der Waals surface area contributed by atoms with Crippen LogP contribution in [0, 0.1) is 17.8 Å². The van der Waals surface area contributed by atoms with Crippen LogP contribution in [0.5, 0.6) is 0 Å². The van der Waals surface area contributed by atoms with Gasteiger partial charge in [0, 0.05) is 38.6 Å². The average Bonchev–Trinajstić information content (AvgIpc) is 3.34. The minimum Gasteiger partial charge on any atom is -0.342 e. The molecule has 1 N–H and O–H groups in total. The largest absolute Gasteiger partial charge is 0.342 e. The number of hydrogen-bond donors (Lipinski definition) is 1. The first-order chi connectivity index (χ1) is 12.7. The second-order valence-electron chi connectivity index (χ2n) is 8.71. The third kappa shape index (κ3) is 3.63. The van der Waals surface area contributed by atoms with E-state index in [1.54, 1.807) is 0 Å². The molecule has 2 amide bonds. The zero-order valence-corrected chi connectivity index (χ0v) is 16.2. The molecule has 4 heterocycles. The molecule has 0 saturated carbocycles. The predicted molar refractivity (Wildman–Crippen MR) is 101 cm³/mol. The summed E-state index contributed by atoms with van der Waals surface area (Å²) in [6, 6.07) is 0.489. The van der Waals surface area contributed by atoms with Gasteiger partial charge in [0.15, 0.2) is 0 Å². The van der Waals surface area contributed by atoms with Crippen molar-refractivity contribution in [2.45, 2.75) is 45.1 Å². The lowest BCUT2D eigenvalue weighted by Crippen LogP contribution is -2.42. The number of likely N-dealkylation sites (N-methyl/N-ethyl adjacent to an activating group) is 1. The maximum Gasteiger partial charge on any atom is 0.227 e. The minimum atomic E-state index is -0.116. The summed E-state index contributed by atoms with van der Waals surface area (Å²) in [6.45, 7) is 9.81. The van der Waals surface area contributed by atoms with Gasteiger partial charge in [-0.15, -0.1) is 0 Å². The second kappa shape index (κ2) is 7.85. The van der Waals surface area contributed by atoms with Crippen LogP contribution < -0.4 is 5.32 Å². The van der Waals surface area contributed by atoms with Gasteiger partial charge in [0.1, 0.15) is 0 Å². The van der Waals surface area contributed by atoms with E-state index in [0.29, 0.717) is 19.0 Å². The smallest absolute Gasteiger partial charge is 0.227 e. The van der Waals surface area contributed by atoms with E-state index in [4.69, 9.17) is 0 Å². The van der Waals surface area contributed by atoms with Gasteiger partial charge in [0.25, 0.3) is 0 Å². The first-order valence-electron chi connectivity index (χ1n) is 10.7. The highest BCUT2D eigenvalue weighted by Gasteiger charge is 2.40. The standard InChI is InChI=1S/C20H34N4O2/c1-2-22-7-3-4-18(22)14-24-13-17(10-19(24)25)20(26)23-8-5-15-11-21-12-16(15)6-9-23/h15-18,21H,2-14H2,1H3/t15-,16+,17?,18?. The molecule has 2 unspecified atom stereocenters. The van der Waals surface area contributed by atoms with Gasteiger partial charge in [-0.05, 0) is 63.7 Å². The van der Waals surface area contributed by atoms with Crippen LogP contribution in [-0.2, 0) is 9.59 Å². The Kier molecular flexibility index (Phi) is 5.50. The van der Waals surface area contributed by atoms with E-state index in [9.17, 15) is 9.59 Å². The number of carbonyl (C=O) groups excluding carboxylic acids is 2. The Balaban J connectivity index is 1.32. The highest BCUT2D eigenvalue weighted by atomic mass is 16.2. The van der Waals surface area contributed by atoms with Crippen LogP contribution in [0.3, 0.4) is 0 Å². The van der Waals surface area contributed by atoms with Crippen LogP contribution in [0.15, 0.2) is 0 Å². The fourth-order valence-electron chi connectivity index (χ4n) is 5.58. The maximum atomic E-state index is 13.0. The highest BCUT2D eigenvalue weighted by molar-refractivity contribution is 5.89. The molecule has 0 aromatic carbocycles. The van der Waals surface area contributed by atoms with Crippen molar-refractivity contribution < 1.29 is 9.59 Å². The van der Waals surface area contributed by atoms with Crippen LogP contribution in [0.25, 0.3) is 0 Å². The molecule has 4 aliphatic rings. The lowest BCUT2D eigenvalue weighted by molar-refractivity contribution is -0.135. The van der Waals surface area contributed by atoms with E-state index >= 15 is 0 Å². The maximum absolute atomic E-state index is 13.0. The van der Waals surface area contributed by atoms with Crippen LogP contribution in [0.2, 0.25) is 0 Å². The molecular weight excluding hydrogens is 328 g/mol. The van der Waals surface area contributed by atoms with Gasteiger partial charge in [-0.2, -0.15) is 0 Å². The Hall–Kier alpha value is -1.14. The van der Waals surface area contributed by atoms with E-state index < -0.39 is 0 Å². The number of carbonyl (C=O) groups is 2. The van der Waals surface area contributed by atoms with E-state index in [1.165, 1.54) is 12.8 Å². The summed E-state index contributed by atoms with van der Waals surface area (Å²) < 4.78 is 0. The third-order valence-corrected chi connectivity index (χ3v) is 7.23. The normalized spacial score (nSPS) is 35.8. The zero-order valence-electron chi connectivity index (χ0n) is 16.2. The van der Waals surface area contributed by atoms with Gasteiger partial charge in [-0.1, -0.05) is 6.92 Å². The molecule has 0 aromatic rings. The van der Waals surface area contributed by atoms with Crippen molar-refractivity contribution in [2.75, 3.05) is 52.4 Å². The number of amides is 2. The first-order valence-corrected chi connectivity index (χ1v) is 10.7. The van der Waals surface area contributed by atoms with Crippen molar-refractivity contribution in [1.82, 2.24) is 20.0 Å². The summed E-state index contributed by atoms with van der Waals surface area (Å²) in [5, 5.41) is 3.49. The average molecular weight is 363 g/mol. The fraction of sp³-hybridized carbons (Fsp3) is 0.900. The minimum absolute atomic E-state index is 0.116. The van der Waals surface area contributed by atoms with Gasteiger partial charge in [0.05, 0.1) is 5.92 Å². The van der Waals surface area contributed by atoms with E-state index in [2.05, 4.69) is 22.0 Å². The number of hydrogen-bond acceptors (Lipinski definition) is 4. The molecule has 4 fully saturated rings. The lowest BCUT2D eigenvalue weighted by atomic mass is 9.92. The molecule has 6 nitrogen and oxygen atoms in total. The number of fused-ring (bicyclic) bond motifs is 1. The molecule has 0 aliphatic carbocycles. The van der Waals surface area contributed by atoms with Crippen molar-refractivity contribution in [3.8, 4) is 0 Å². The second-order valence-corrected chi connectivity index (χ2v) is 8.71. The molecule has 146 valence electrons. The Bertz CT molecular complexity index is 526. The van der Waals surface area contributed by atoms with Crippen molar-refractivity contribution in [3.63, 3.8) is 0 Å². The van der Waals surface area contributed by atoms with Gasteiger partial charge in [-0.3, -0.25) is 14.5 Å². The first kappa shape index (κ1) is 18.2. The predicted octanol–water partition coefficient (Wildman–Crippen LogP) is 0.777. The number of rotatable bonds is 4. The van der Waals surface area contributed by atoms with E-state index in [1.807, 2.05) is 4.90 Å². The van der Waals surface area contributed by atoms with E-state index in [0.717, 1.165) is 70.5 Å². The quantitative estimate of drug-likeness (QED) is 0.803. The van der Waals surface area contributed by atoms with Crippen LogP contribution in [0.1, 0.15) is 39.0 Å². The van der Waals surface area contributed by atoms with Gasteiger partial charge >= 0.3 is 0 Å². The van der Waals surface area contributed by atoms with Crippen molar-refractivity contribution in [2.24, 2.45) is 17.8 Å². The summed E-state index contributed by atoms with van der Waals surface area (Å²) in [6.07, 6.45) is 5.05.